The van der Waals surface area contributed by atoms with Crippen molar-refractivity contribution in [1.29, 1.82) is 0 Å². The van der Waals surface area contributed by atoms with E-state index in [1.165, 1.54) is 6.26 Å². The molecule has 12 heavy (non-hydrogen) atoms. The van der Waals surface area contributed by atoms with Gasteiger partial charge in [0.15, 0.2) is 0 Å². The average Bonchev–Trinajstić information content (AvgIpc) is 2.51. The fourth-order valence-corrected chi connectivity index (χ4v) is 0.996. The summed E-state index contributed by atoms with van der Waals surface area (Å²) in [7, 11) is 0. The highest BCUT2D eigenvalue weighted by molar-refractivity contribution is 7.68. The molecule has 0 saturated carbocycles. The van der Waals surface area contributed by atoms with E-state index in [4.69, 9.17) is 10.2 Å². The summed E-state index contributed by atoms with van der Waals surface area (Å²) in [5, 5.41) is 0. The van der Waals surface area contributed by atoms with Crippen molar-refractivity contribution in [1.82, 2.24) is 5.73 Å². The minimum Gasteiger partial charge on any atom is -0.469 e. The van der Waals surface area contributed by atoms with E-state index in [2.05, 4.69) is 0 Å². The third-order valence-corrected chi connectivity index (χ3v) is 1.80. The zero-order chi connectivity index (χ0) is 8.97. The zero-order valence-corrected chi connectivity index (χ0v) is 6.89. The molecule has 0 aliphatic carbocycles. The summed E-state index contributed by atoms with van der Waals surface area (Å²) in [4.78, 5) is 10.4. The first-order valence-corrected chi connectivity index (χ1v) is 3.92. The average molecular weight is 184 g/mol. The predicted octanol–water partition coefficient (Wildman–Crippen LogP) is 0.0170. The molecule has 0 aliphatic rings. The second kappa shape index (κ2) is 3.87. The summed E-state index contributed by atoms with van der Waals surface area (Å²) in [6, 6.07) is 3.32. The molecule has 1 radical (unpaired) electrons. The van der Waals surface area contributed by atoms with Gasteiger partial charge in [0.1, 0.15) is 10.6 Å². The number of hydrogen-bond donors (Lipinski definition) is 0. The molecule has 1 N–H and O–H groups in total. The lowest BCUT2D eigenvalue weighted by molar-refractivity contribution is -0.112. The van der Waals surface area contributed by atoms with Gasteiger partial charge in [-0.15, -0.1) is 0 Å². The van der Waals surface area contributed by atoms with Gasteiger partial charge in [-0.1, -0.05) is 0 Å². The second-order valence-electron chi connectivity index (χ2n) is 2.09. The van der Waals surface area contributed by atoms with E-state index in [1.807, 2.05) is 0 Å². The Morgan fingerprint density at radius 1 is 1.67 bits per heavy atom. The third-order valence-electron chi connectivity index (χ3n) is 1.27. The van der Waals surface area contributed by atoms with Crippen molar-refractivity contribution in [3.63, 3.8) is 0 Å². The van der Waals surface area contributed by atoms with Crippen LogP contribution in [0.4, 0.5) is 0 Å². The molecule has 0 spiro atoms. The van der Waals surface area contributed by atoms with Crippen molar-refractivity contribution in [2.75, 3.05) is 0 Å². The van der Waals surface area contributed by atoms with Crippen LogP contribution in [0.3, 0.4) is 0 Å². The highest BCUT2D eigenvalue weighted by Gasteiger charge is 2.09. The Morgan fingerprint density at radius 3 is 2.83 bits per heavy atom. The molecule has 1 aromatic rings. The summed E-state index contributed by atoms with van der Waals surface area (Å²) in [6.45, 7) is 0. The van der Waals surface area contributed by atoms with E-state index in [9.17, 15) is 9.00 Å². The minimum atomic E-state index is -0.939. The van der Waals surface area contributed by atoms with Crippen LogP contribution in [0, 0.1) is 0 Å². The summed E-state index contributed by atoms with van der Waals surface area (Å²) in [5.74, 6) is -0.416. The lowest BCUT2D eigenvalue weighted by atomic mass is 10.2. The number of rotatable bonds is 3. The molecule has 5 heteroatoms. The fraction of sp³-hybridized carbons (Fsp3) is 0.143. The predicted molar refractivity (Wildman–Crippen MR) is 43.7 cm³/mol. The first-order chi connectivity index (χ1) is 5.74. The van der Waals surface area contributed by atoms with Gasteiger partial charge in [-0.25, -0.2) is 4.21 Å². The van der Waals surface area contributed by atoms with E-state index in [-0.39, 0.29) is 22.5 Å². The van der Waals surface area contributed by atoms with Gasteiger partial charge in [-0.05, 0) is 12.1 Å². The molecule has 0 fully saturated rings. The normalized spacial score (nSPS) is 9.33. The van der Waals surface area contributed by atoms with Crippen LogP contribution in [0.25, 0.3) is 0 Å². The number of nitrogens with one attached hydrogen (secondary N) is 1. The largest absolute Gasteiger partial charge is 0.469 e. The van der Waals surface area contributed by atoms with Crippen molar-refractivity contribution in [2.45, 2.75) is 6.42 Å². The molecule has 63 valence electrons. The van der Waals surface area contributed by atoms with Gasteiger partial charge in [0, 0.05) is 6.42 Å². The van der Waals surface area contributed by atoms with Crippen LogP contribution in [-0.4, -0.2) is 15.0 Å². The van der Waals surface area contributed by atoms with Crippen LogP contribution in [0.1, 0.15) is 5.76 Å². The highest BCUT2D eigenvalue weighted by atomic mass is 32.1. The Balaban J connectivity index is 2.75. The van der Waals surface area contributed by atoms with Gasteiger partial charge in [-0.2, -0.15) is 0 Å². The Labute approximate surface area is 72.4 Å². The topological polar surface area (TPSA) is 71.1 Å². The maximum absolute atomic E-state index is 10.5. The number of carbonyl (C=O) groups excluding carboxylic acids is 1. The molecule has 1 aromatic heterocycles. The Bertz CT molecular complexity index is 324. The lowest BCUT2D eigenvalue weighted by Crippen LogP contribution is -2.16. The molecule has 0 unspecified atom stereocenters. The fourth-order valence-electron chi connectivity index (χ4n) is 0.719. The molecule has 1 heterocycles. The minimum absolute atomic E-state index is 0.0459. The first kappa shape index (κ1) is 8.73. The summed E-state index contributed by atoms with van der Waals surface area (Å²) < 4.78 is 15.2. The highest BCUT2D eigenvalue weighted by Crippen LogP contribution is 2.01. The van der Waals surface area contributed by atoms with E-state index < -0.39 is 5.91 Å². The lowest BCUT2D eigenvalue weighted by Gasteiger charge is -1.92. The van der Waals surface area contributed by atoms with Crippen LogP contribution in [0.5, 0.6) is 0 Å². The van der Waals surface area contributed by atoms with Crippen molar-refractivity contribution < 1.29 is 13.4 Å². The molecule has 0 atom stereocenters. The van der Waals surface area contributed by atoms with E-state index >= 15 is 0 Å². The van der Waals surface area contributed by atoms with Gasteiger partial charge in [0.25, 0.3) is 5.91 Å². The van der Waals surface area contributed by atoms with Crippen molar-refractivity contribution >= 4 is 22.0 Å². The molecule has 0 saturated heterocycles. The SMILES string of the molecule is [NH]C(=O)C(Cc1ccco1)=S=O. The van der Waals surface area contributed by atoms with E-state index in [1.54, 1.807) is 12.1 Å². The van der Waals surface area contributed by atoms with Gasteiger partial charge in [0.05, 0.1) is 17.5 Å². The standard InChI is InChI=1S/C7H6NO3S/c8-7(9)6(12-10)4-5-2-1-3-11-5/h1-3,8H,4H2. The molecule has 0 aliphatic heterocycles. The van der Waals surface area contributed by atoms with Crippen molar-refractivity contribution in [3.8, 4) is 0 Å². The monoisotopic (exact) mass is 184 g/mol. The zero-order valence-electron chi connectivity index (χ0n) is 6.07. The Morgan fingerprint density at radius 2 is 2.42 bits per heavy atom. The summed E-state index contributed by atoms with van der Waals surface area (Å²) in [5.41, 5.74) is 6.70. The molecule has 0 aromatic carbocycles. The van der Waals surface area contributed by atoms with Crippen LogP contribution in [0.2, 0.25) is 0 Å². The third kappa shape index (κ3) is 2.06. The van der Waals surface area contributed by atoms with Crippen LogP contribution < -0.4 is 5.73 Å². The maximum atomic E-state index is 10.5. The molecular weight excluding hydrogens is 178 g/mol. The second-order valence-corrected chi connectivity index (χ2v) is 2.75. The first-order valence-electron chi connectivity index (χ1n) is 3.18. The Kier molecular flexibility index (Phi) is 2.82. The molecular formula is C7H6NO3S. The van der Waals surface area contributed by atoms with Crippen LogP contribution in [-0.2, 0) is 22.5 Å². The number of furan rings is 1. The summed E-state index contributed by atoms with van der Waals surface area (Å²) in [6.07, 6.45) is 1.57. The Hall–Kier alpha value is -1.36. The summed E-state index contributed by atoms with van der Waals surface area (Å²) >= 11 is 0.0459. The van der Waals surface area contributed by atoms with Gasteiger partial charge in [0.2, 0.25) is 0 Å². The van der Waals surface area contributed by atoms with Crippen molar-refractivity contribution in [2.24, 2.45) is 0 Å². The van der Waals surface area contributed by atoms with Gasteiger partial charge < -0.3 is 4.42 Å². The van der Waals surface area contributed by atoms with Gasteiger partial charge >= 0.3 is 0 Å². The quantitative estimate of drug-likeness (QED) is 0.621. The van der Waals surface area contributed by atoms with Crippen LogP contribution in [0.15, 0.2) is 22.8 Å². The smallest absolute Gasteiger partial charge is 0.279 e. The number of hydrogen-bond acceptors (Lipinski definition) is 3. The van der Waals surface area contributed by atoms with Crippen molar-refractivity contribution in [3.05, 3.63) is 24.2 Å². The van der Waals surface area contributed by atoms with Gasteiger partial charge in [-0.3, -0.25) is 10.5 Å². The molecule has 4 nitrogen and oxygen atoms in total. The number of amides is 1. The number of carbonyl (C=O) groups is 1. The van der Waals surface area contributed by atoms with E-state index in [0.29, 0.717) is 5.76 Å². The van der Waals surface area contributed by atoms with E-state index in [0.717, 1.165) is 0 Å². The van der Waals surface area contributed by atoms with Crippen LogP contribution >= 0.6 is 0 Å². The molecule has 0 bridgehead atoms. The molecule has 1 amide bonds. The maximum Gasteiger partial charge on any atom is 0.279 e. The molecule has 1 rings (SSSR count).